The third-order valence-electron chi connectivity index (χ3n) is 9.03. The van der Waals surface area contributed by atoms with Gasteiger partial charge in [-0.1, -0.05) is 23.7 Å². The van der Waals surface area contributed by atoms with Crippen LogP contribution < -0.4 is 9.64 Å². The standard InChI is InChI=1S/C31H37ClF3N3O4/c1-36(2)27(39)25-10-7-22(18-26(25)32)38-15-12-29(13-16-38)19-21(29)11-14-37(3)28(40)30(41,31(33,34)35)20-5-4-6-24(17-20)42-23-8-9-23/h4-7,10,17-18,21,23,41H,8-9,11-16,19H2,1-3H3/t21-,30?/m0/s1. The van der Waals surface area contributed by atoms with Gasteiger partial charge in [0.2, 0.25) is 0 Å². The molecule has 0 aromatic heterocycles. The maximum atomic E-state index is 14.2. The van der Waals surface area contributed by atoms with Crippen LogP contribution in [0.15, 0.2) is 42.5 Å². The molecule has 2 atom stereocenters. The van der Waals surface area contributed by atoms with E-state index in [-0.39, 0.29) is 29.7 Å². The van der Waals surface area contributed by atoms with Crippen molar-refractivity contribution in [3.63, 3.8) is 0 Å². The number of rotatable bonds is 9. The predicted octanol–water partition coefficient (Wildman–Crippen LogP) is 5.49. The molecule has 2 aliphatic carbocycles. The van der Waals surface area contributed by atoms with E-state index in [1.165, 1.54) is 24.1 Å². The molecule has 7 nitrogen and oxygen atoms in total. The van der Waals surface area contributed by atoms with Gasteiger partial charge < -0.3 is 24.5 Å². The number of anilines is 1. The van der Waals surface area contributed by atoms with Crippen LogP contribution in [0.25, 0.3) is 0 Å². The number of aliphatic hydroxyl groups is 1. The van der Waals surface area contributed by atoms with Crippen molar-refractivity contribution in [1.29, 1.82) is 0 Å². The summed E-state index contributed by atoms with van der Waals surface area (Å²) < 4.78 is 48.3. The molecule has 1 aliphatic heterocycles. The Balaban J connectivity index is 1.17. The van der Waals surface area contributed by atoms with E-state index in [1.807, 2.05) is 12.1 Å². The molecule has 5 rings (SSSR count). The quantitative estimate of drug-likeness (QED) is 0.408. The van der Waals surface area contributed by atoms with Gasteiger partial charge in [0.1, 0.15) is 5.75 Å². The lowest BCUT2D eigenvalue weighted by Crippen LogP contribution is -2.55. The van der Waals surface area contributed by atoms with Crippen molar-refractivity contribution in [2.75, 3.05) is 45.7 Å². The highest BCUT2D eigenvalue weighted by atomic mass is 35.5. The van der Waals surface area contributed by atoms with Crippen LogP contribution in [0.2, 0.25) is 5.02 Å². The van der Waals surface area contributed by atoms with Gasteiger partial charge in [0.15, 0.2) is 0 Å². The van der Waals surface area contributed by atoms with E-state index in [4.69, 9.17) is 16.3 Å². The van der Waals surface area contributed by atoms with Gasteiger partial charge in [-0.3, -0.25) is 9.59 Å². The number of likely N-dealkylation sites (N-methyl/N-ethyl adjacent to an activating group) is 1. The third kappa shape index (κ3) is 5.93. The molecule has 2 amide bonds. The number of piperidine rings is 1. The number of hydrogen-bond donors (Lipinski definition) is 1. The smallest absolute Gasteiger partial charge is 0.430 e. The monoisotopic (exact) mass is 607 g/mol. The van der Waals surface area contributed by atoms with E-state index < -0.39 is 23.2 Å². The summed E-state index contributed by atoms with van der Waals surface area (Å²) in [6, 6.07) is 10.6. The van der Waals surface area contributed by atoms with Gasteiger partial charge in [0, 0.05) is 52.0 Å². The van der Waals surface area contributed by atoms with Gasteiger partial charge in [-0.25, -0.2) is 0 Å². The molecule has 1 unspecified atom stereocenters. The number of benzene rings is 2. The van der Waals surface area contributed by atoms with Gasteiger partial charge in [-0.05, 0) is 80.2 Å². The van der Waals surface area contributed by atoms with Crippen molar-refractivity contribution in [2.45, 2.75) is 56.4 Å². The first kappa shape index (κ1) is 30.5. The van der Waals surface area contributed by atoms with Gasteiger partial charge in [0.05, 0.1) is 16.7 Å². The molecule has 3 fully saturated rings. The zero-order valence-electron chi connectivity index (χ0n) is 24.1. The van der Waals surface area contributed by atoms with E-state index >= 15 is 0 Å². The molecule has 0 radical (unpaired) electrons. The molecule has 0 bridgehead atoms. The summed E-state index contributed by atoms with van der Waals surface area (Å²) in [5.74, 6) is -1.04. The molecule has 1 saturated heterocycles. The summed E-state index contributed by atoms with van der Waals surface area (Å²) in [4.78, 5) is 30.2. The van der Waals surface area contributed by atoms with Gasteiger partial charge in [0.25, 0.3) is 17.4 Å². The minimum atomic E-state index is -5.20. The van der Waals surface area contributed by atoms with Crippen LogP contribution in [0.1, 0.15) is 54.4 Å². The largest absolute Gasteiger partial charge is 0.490 e. The number of carbonyl (C=O) groups is 2. The zero-order valence-corrected chi connectivity index (χ0v) is 24.8. The van der Waals surface area contributed by atoms with Crippen LogP contribution in [0.4, 0.5) is 18.9 Å². The molecule has 2 aromatic carbocycles. The predicted molar refractivity (Wildman–Crippen MR) is 154 cm³/mol. The van der Waals surface area contributed by atoms with Crippen LogP contribution in [-0.2, 0) is 10.4 Å². The lowest BCUT2D eigenvalue weighted by molar-refractivity contribution is -0.261. The average Bonchev–Trinajstić information content (AvgIpc) is 3.88. The molecule has 1 heterocycles. The summed E-state index contributed by atoms with van der Waals surface area (Å²) in [7, 11) is 4.67. The number of amides is 2. The third-order valence-corrected chi connectivity index (χ3v) is 9.34. The molecule has 3 aliphatic rings. The second-order valence-electron chi connectivity index (χ2n) is 12.2. The molecule has 11 heteroatoms. The lowest BCUT2D eigenvalue weighted by atomic mass is 9.89. The molecule has 42 heavy (non-hydrogen) atoms. The Bertz CT molecular complexity index is 1340. The van der Waals surface area contributed by atoms with E-state index in [1.54, 1.807) is 20.2 Å². The number of hydrogen-bond acceptors (Lipinski definition) is 5. The molecule has 2 aromatic rings. The topological polar surface area (TPSA) is 73.3 Å². The van der Waals surface area contributed by atoms with Gasteiger partial charge in [-0.15, -0.1) is 0 Å². The number of halogens is 4. The summed E-state index contributed by atoms with van der Waals surface area (Å²) >= 11 is 6.40. The van der Waals surface area contributed by atoms with Crippen molar-refractivity contribution in [3.8, 4) is 5.75 Å². The normalized spacial score (nSPS) is 21.0. The first-order valence-electron chi connectivity index (χ1n) is 14.3. The highest BCUT2D eigenvalue weighted by molar-refractivity contribution is 6.34. The molecule has 1 N–H and O–H groups in total. The molecule has 228 valence electrons. The van der Waals surface area contributed by atoms with Crippen LogP contribution in [0.3, 0.4) is 0 Å². The number of alkyl halides is 3. The SMILES string of the molecule is CN(C)C(=O)c1ccc(N2CCC3(CC2)C[C@@H]3CCN(C)C(=O)C(O)(c2cccc(OC3CC3)c2)C(F)(F)F)cc1Cl. The van der Waals surface area contributed by atoms with Crippen molar-refractivity contribution < 1.29 is 32.6 Å². The Morgan fingerprint density at radius 2 is 1.79 bits per heavy atom. The molecular formula is C31H37ClF3N3O4. The summed E-state index contributed by atoms with van der Waals surface area (Å²) in [6.45, 7) is 1.72. The number of nitrogens with zero attached hydrogens (tertiary/aromatic N) is 3. The van der Waals surface area contributed by atoms with Crippen molar-refractivity contribution in [2.24, 2.45) is 11.3 Å². The highest BCUT2D eigenvalue weighted by Gasteiger charge is 2.62. The minimum absolute atomic E-state index is 0.0348. The van der Waals surface area contributed by atoms with Crippen LogP contribution in [0.5, 0.6) is 5.75 Å². The van der Waals surface area contributed by atoms with Crippen molar-refractivity contribution in [1.82, 2.24) is 9.80 Å². The second-order valence-corrected chi connectivity index (χ2v) is 12.6. The molecule has 1 spiro atoms. The number of ether oxygens (including phenoxy) is 1. The van der Waals surface area contributed by atoms with E-state index in [0.29, 0.717) is 22.9 Å². The van der Waals surface area contributed by atoms with Crippen molar-refractivity contribution in [3.05, 3.63) is 58.6 Å². The summed E-state index contributed by atoms with van der Waals surface area (Å²) in [5, 5.41) is 11.3. The average molecular weight is 608 g/mol. The highest BCUT2D eigenvalue weighted by Crippen LogP contribution is 2.61. The Labute approximate surface area is 249 Å². The Hall–Kier alpha value is -2.98. The second kappa shape index (κ2) is 11.3. The summed E-state index contributed by atoms with van der Waals surface area (Å²) in [5.41, 5.74) is -2.69. The summed E-state index contributed by atoms with van der Waals surface area (Å²) in [6.07, 6.45) is -0.207. The van der Waals surface area contributed by atoms with E-state index in [9.17, 15) is 27.9 Å². The van der Waals surface area contributed by atoms with E-state index in [0.717, 1.165) is 67.9 Å². The van der Waals surface area contributed by atoms with Gasteiger partial charge in [-0.2, -0.15) is 13.2 Å². The zero-order chi connectivity index (χ0) is 30.4. The minimum Gasteiger partial charge on any atom is -0.490 e. The molecule has 2 saturated carbocycles. The first-order valence-corrected chi connectivity index (χ1v) is 14.7. The Kier molecular flexibility index (Phi) is 8.17. The van der Waals surface area contributed by atoms with Gasteiger partial charge >= 0.3 is 6.18 Å². The van der Waals surface area contributed by atoms with E-state index in [2.05, 4.69) is 4.90 Å². The maximum absolute atomic E-state index is 14.2. The van der Waals surface area contributed by atoms with Crippen LogP contribution in [-0.4, -0.2) is 79.8 Å². The number of carbonyl (C=O) groups excluding carboxylic acids is 2. The molecular weight excluding hydrogens is 571 g/mol. The fourth-order valence-corrected chi connectivity index (χ4v) is 6.34. The fraction of sp³-hybridized carbons (Fsp3) is 0.548. The van der Waals surface area contributed by atoms with Crippen LogP contribution >= 0.6 is 11.6 Å². The maximum Gasteiger partial charge on any atom is 0.430 e. The lowest BCUT2D eigenvalue weighted by Gasteiger charge is -2.35. The Morgan fingerprint density at radius 3 is 2.38 bits per heavy atom. The first-order chi connectivity index (χ1) is 19.7. The van der Waals surface area contributed by atoms with Crippen molar-refractivity contribution >= 4 is 29.1 Å². The fourth-order valence-electron chi connectivity index (χ4n) is 6.09. The van der Waals surface area contributed by atoms with Crippen LogP contribution in [0, 0.1) is 11.3 Å². The Morgan fingerprint density at radius 1 is 1.10 bits per heavy atom.